The molecule has 182 valence electrons. The number of carbonyl (C=O) groups excluding carboxylic acids is 3. The van der Waals surface area contributed by atoms with Crippen LogP contribution in [0.5, 0.6) is 5.75 Å². The lowest BCUT2D eigenvalue weighted by Crippen LogP contribution is -2.41. The summed E-state index contributed by atoms with van der Waals surface area (Å²) in [5, 5.41) is 13.1. The van der Waals surface area contributed by atoms with Gasteiger partial charge in [0.1, 0.15) is 17.9 Å². The summed E-state index contributed by atoms with van der Waals surface area (Å²) in [6, 6.07) is 15.6. The Morgan fingerprint density at radius 1 is 1.06 bits per heavy atom. The molecular formula is C27H23N3O6. The molecule has 0 spiro atoms. The molecule has 2 amide bonds. The molecule has 2 aliphatic heterocycles. The average Bonchev–Trinajstić information content (AvgIpc) is 3.64. The van der Waals surface area contributed by atoms with Crippen LogP contribution in [0.15, 0.2) is 53.7 Å². The SMILES string of the molecule is CCOC(=O)c1ccc(N2C(=O)[C@@H]3[C@H]4C[C@H]([C@@H]5ON=C(c6ccc(OCC#N)cc6)[C@H]45)[C@@H]3C2=O)cc1. The lowest BCUT2D eigenvalue weighted by Gasteiger charge is -2.29. The van der Waals surface area contributed by atoms with Gasteiger partial charge in [-0.25, -0.2) is 4.79 Å². The fraction of sp³-hybridized carbons (Fsp3) is 0.370. The van der Waals surface area contributed by atoms with Crippen LogP contribution >= 0.6 is 0 Å². The summed E-state index contributed by atoms with van der Waals surface area (Å²) in [5.74, 6) is -1.30. The number of hydrogen-bond acceptors (Lipinski definition) is 8. The molecule has 0 unspecified atom stereocenters. The maximum atomic E-state index is 13.6. The minimum Gasteiger partial charge on any atom is -0.479 e. The third-order valence-corrected chi connectivity index (χ3v) is 7.78. The van der Waals surface area contributed by atoms with E-state index in [1.54, 1.807) is 43.3 Å². The van der Waals surface area contributed by atoms with Crippen molar-refractivity contribution in [3.05, 3.63) is 59.7 Å². The van der Waals surface area contributed by atoms with E-state index in [0.717, 1.165) is 17.7 Å². The molecular weight excluding hydrogens is 462 g/mol. The fourth-order valence-electron chi connectivity index (χ4n) is 6.42. The van der Waals surface area contributed by atoms with Gasteiger partial charge in [0.05, 0.1) is 35.4 Å². The second-order valence-electron chi connectivity index (χ2n) is 9.44. The quantitative estimate of drug-likeness (QED) is 0.456. The van der Waals surface area contributed by atoms with Crippen molar-refractivity contribution in [2.24, 2.45) is 34.7 Å². The van der Waals surface area contributed by atoms with Gasteiger partial charge in [-0.05, 0) is 67.8 Å². The van der Waals surface area contributed by atoms with Crippen LogP contribution in [0.25, 0.3) is 0 Å². The van der Waals surface area contributed by atoms with Gasteiger partial charge in [0.15, 0.2) is 6.61 Å². The third-order valence-electron chi connectivity index (χ3n) is 7.78. The molecule has 2 bridgehead atoms. The standard InChI is InChI=1S/C27H23N3O6/c1-2-34-27(33)15-3-7-16(8-4-15)30-25(31)20-18-13-19(21(20)26(30)32)24-22(18)23(29-36-24)14-5-9-17(10-6-14)35-12-11-28/h3-10,18-22,24H,2,12-13H2,1H3/t18-,19+,20-,21+,22+,24+/m1/s1. The third kappa shape index (κ3) is 3.21. The highest BCUT2D eigenvalue weighted by atomic mass is 16.6. The first kappa shape index (κ1) is 22.3. The smallest absolute Gasteiger partial charge is 0.338 e. The molecule has 4 aliphatic rings. The first-order chi connectivity index (χ1) is 17.5. The molecule has 36 heavy (non-hydrogen) atoms. The highest BCUT2D eigenvalue weighted by Crippen LogP contribution is 2.62. The molecule has 2 heterocycles. The molecule has 9 nitrogen and oxygen atoms in total. The first-order valence-corrected chi connectivity index (χ1v) is 12.0. The van der Waals surface area contributed by atoms with Crippen molar-refractivity contribution in [1.29, 1.82) is 5.26 Å². The summed E-state index contributed by atoms with van der Waals surface area (Å²) in [6.45, 7) is 1.97. The Labute approximate surface area is 207 Å². The zero-order chi connectivity index (χ0) is 25.0. The fourth-order valence-corrected chi connectivity index (χ4v) is 6.42. The van der Waals surface area contributed by atoms with Crippen LogP contribution in [-0.4, -0.2) is 42.8 Å². The number of esters is 1. The van der Waals surface area contributed by atoms with Crippen molar-refractivity contribution in [3.63, 3.8) is 0 Å². The average molecular weight is 485 g/mol. The van der Waals surface area contributed by atoms with E-state index in [4.69, 9.17) is 19.6 Å². The summed E-state index contributed by atoms with van der Waals surface area (Å²) in [6.07, 6.45) is 0.517. The number of benzene rings is 2. The summed E-state index contributed by atoms with van der Waals surface area (Å²) in [4.78, 5) is 46.1. The van der Waals surface area contributed by atoms with Gasteiger partial charge in [0.25, 0.3) is 0 Å². The van der Waals surface area contributed by atoms with E-state index in [2.05, 4.69) is 5.16 Å². The zero-order valence-electron chi connectivity index (χ0n) is 19.5. The van der Waals surface area contributed by atoms with E-state index >= 15 is 0 Å². The number of nitriles is 1. The molecule has 6 atom stereocenters. The lowest BCUT2D eigenvalue weighted by molar-refractivity contribution is -0.125. The summed E-state index contributed by atoms with van der Waals surface area (Å²) >= 11 is 0. The van der Waals surface area contributed by atoms with Crippen molar-refractivity contribution >= 4 is 29.2 Å². The number of nitrogens with zero attached hydrogens (tertiary/aromatic N) is 3. The van der Waals surface area contributed by atoms with Crippen LogP contribution in [0.4, 0.5) is 5.69 Å². The van der Waals surface area contributed by atoms with Crippen molar-refractivity contribution in [1.82, 2.24) is 0 Å². The van der Waals surface area contributed by atoms with Crippen molar-refractivity contribution in [2.75, 3.05) is 18.1 Å². The molecule has 6 rings (SSSR count). The monoisotopic (exact) mass is 485 g/mol. The number of fused-ring (bicyclic) bond motifs is 8. The molecule has 1 saturated heterocycles. The van der Waals surface area contributed by atoms with Gasteiger partial charge in [-0.3, -0.25) is 14.5 Å². The Balaban J connectivity index is 1.24. The number of anilines is 1. The van der Waals surface area contributed by atoms with Gasteiger partial charge >= 0.3 is 5.97 Å². The number of ether oxygens (including phenoxy) is 2. The Kier molecular flexibility index (Phi) is 5.25. The summed E-state index contributed by atoms with van der Waals surface area (Å²) in [7, 11) is 0. The van der Waals surface area contributed by atoms with Crippen LogP contribution in [0.3, 0.4) is 0 Å². The van der Waals surface area contributed by atoms with Crippen LogP contribution in [0.1, 0.15) is 29.3 Å². The van der Waals surface area contributed by atoms with Gasteiger partial charge in [0.2, 0.25) is 11.8 Å². The number of oxime groups is 1. The van der Waals surface area contributed by atoms with Gasteiger partial charge in [-0.15, -0.1) is 0 Å². The zero-order valence-corrected chi connectivity index (χ0v) is 19.5. The van der Waals surface area contributed by atoms with E-state index in [1.165, 1.54) is 4.90 Å². The topological polar surface area (TPSA) is 118 Å². The molecule has 2 aliphatic carbocycles. The van der Waals surface area contributed by atoms with E-state index in [1.807, 2.05) is 18.2 Å². The second-order valence-corrected chi connectivity index (χ2v) is 9.44. The highest BCUT2D eigenvalue weighted by Gasteiger charge is 2.70. The molecule has 2 aromatic rings. The van der Waals surface area contributed by atoms with Crippen LogP contribution in [-0.2, 0) is 19.2 Å². The summed E-state index contributed by atoms with van der Waals surface area (Å²) in [5.41, 5.74) is 2.49. The number of amides is 2. The molecule has 9 heteroatoms. The Hall–Kier alpha value is -4.19. The number of hydrogen-bond donors (Lipinski definition) is 0. The number of rotatable bonds is 6. The number of imide groups is 1. The molecule has 0 aromatic heterocycles. The maximum Gasteiger partial charge on any atom is 0.338 e. The van der Waals surface area contributed by atoms with Gasteiger partial charge in [-0.2, -0.15) is 5.26 Å². The van der Waals surface area contributed by atoms with E-state index < -0.39 is 17.8 Å². The van der Waals surface area contributed by atoms with Crippen LogP contribution < -0.4 is 9.64 Å². The van der Waals surface area contributed by atoms with E-state index in [0.29, 0.717) is 17.0 Å². The number of carbonyl (C=O) groups is 3. The van der Waals surface area contributed by atoms with Gasteiger partial charge in [0, 0.05) is 17.4 Å². The molecule has 2 saturated carbocycles. The highest BCUT2D eigenvalue weighted by molar-refractivity contribution is 6.23. The van der Waals surface area contributed by atoms with Gasteiger partial charge < -0.3 is 14.3 Å². The molecule has 2 aromatic carbocycles. The molecule has 3 fully saturated rings. The van der Waals surface area contributed by atoms with Gasteiger partial charge in [-0.1, -0.05) is 5.16 Å². The van der Waals surface area contributed by atoms with Crippen molar-refractivity contribution in [2.45, 2.75) is 19.4 Å². The molecule has 0 N–H and O–H groups in total. The minimum absolute atomic E-state index is 0.0287. The maximum absolute atomic E-state index is 13.6. The second kappa shape index (κ2) is 8.48. The predicted molar refractivity (Wildman–Crippen MR) is 126 cm³/mol. The Morgan fingerprint density at radius 2 is 1.75 bits per heavy atom. The van der Waals surface area contributed by atoms with Crippen LogP contribution in [0, 0.1) is 40.9 Å². The van der Waals surface area contributed by atoms with E-state index in [-0.39, 0.29) is 48.9 Å². The van der Waals surface area contributed by atoms with Crippen LogP contribution in [0.2, 0.25) is 0 Å². The Bertz CT molecular complexity index is 1310. The van der Waals surface area contributed by atoms with E-state index in [9.17, 15) is 14.4 Å². The molecule has 0 radical (unpaired) electrons. The minimum atomic E-state index is -0.445. The summed E-state index contributed by atoms with van der Waals surface area (Å²) < 4.78 is 10.3. The van der Waals surface area contributed by atoms with Crippen molar-refractivity contribution < 1.29 is 28.7 Å². The first-order valence-electron chi connectivity index (χ1n) is 12.0. The lowest BCUT2D eigenvalue weighted by atomic mass is 9.71. The predicted octanol–water partition coefficient (Wildman–Crippen LogP) is 2.94. The normalized spacial score (nSPS) is 29.3. The largest absolute Gasteiger partial charge is 0.479 e. The Morgan fingerprint density at radius 3 is 2.42 bits per heavy atom. The van der Waals surface area contributed by atoms with Crippen molar-refractivity contribution in [3.8, 4) is 11.8 Å².